The lowest BCUT2D eigenvalue weighted by Crippen LogP contribution is -2.30. The van der Waals surface area contributed by atoms with Crippen molar-refractivity contribution >= 4 is 0 Å². The molecule has 0 bridgehead atoms. The highest BCUT2D eigenvalue weighted by atomic mass is 19.1. The number of hydrogen-bond donors (Lipinski definition) is 1. The smallest absolute Gasteiger partial charge is 0.375 e. The summed E-state index contributed by atoms with van der Waals surface area (Å²) >= 11 is 0. The van der Waals surface area contributed by atoms with Crippen LogP contribution < -0.4 is 11.4 Å². The molecule has 104 valence electrons. The molecule has 0 saturated carbocycles. The van der Waals surface area contributed by atoms with Gasteiger partial charge in [0.2, 0.25) is 0 Å². The number of ether oxygens (including phenoxy) is 1. The van der Waals surface area contributed by atoms with Crippen LogP contribution in [0, 0.1) is 11.6 Å². The fourth-order valence-electron chi connectivity index (χ4n) is 2.30. The minimum Gasteiger partial charge on any atom is -0.375 e. The third kappa shape index (κ3) is 2.16. The molecule has 1 atom stereocenters. The van der Waals surface area contributed by atoms with Crippen molar-refractivity contribution in [2.75, 3.05) is 6.61 Å². The lowest BCUT2D eigenvalue weighted by Gasteiger charge is -2.24. The van der Waals surface area contributed by atoms with E-state index in [0.29, 0.717) is 0 Å². The molecule has 0 amide bonds. The van der Waals surface area contributed by atoms with E-state index in [1.54, 1.807) is 0 Å². The van der Waals surface area contributed by atoms with Crippen LogP contribution >= 0.6 is 0 Å². The van der Waals surface area contributed by atoms with Gasteiger partial charge >= 0.3 is 11.4 Å². The summed E-state index contributed by atoms with van der Waals surface area (Å²) in [6.45, 7) is 0.0953. The Hall–Kier alpha value is -2.28. The normalized spacial score (nSPS) is 17.8. The SMILES string of the molecule is O=c1[nH]c2c(c(=O)o1)COCC2c1cc(F)cc(F)c1. The van der Waals surface area contributed by atoms with Crippen molar-refractivity contribution in [1.29, 1.82) is 0 Å². The number of fused-ring (bicyclic) bond motifs is 1. The predicted octanol–water partition coefficient (Wildman–Crippen LogP) is 1.27. The van der Waals surface area contributed by atoms with Crippen molar-refractivity contribution in [2.24, 2.45) is 0 Å². The highest BCUT2D eigenvalue weighted by Gasteiger charge is 2.27. The molecule has 1 aliphatic heterocycles. The Morgan fingerprint density at radius 2 is 1.85 bits per heavy atom. The summed E-state index contributed by atoms with van der Waals surface area (Å²) < 4.78 is 36.2. The fraction of sp³-hybridized carbons (Fsp3) is 0.231. The van der Waals surface area contributed by atoms with Gasteiger partial charge in [0.15, 0.2) is 0 Å². The highest BCUT2D eigenvalue weighted by molar-refractivity contribution is 5.33. The first-order chi connectivity index (χ1) is 9.54. The Balaban J connectivity index is 2.19. The molecule has 2 heterocycles. The van der Waals surface area contributed by atoms with Gasteiger partial charge in [-0.2, -0.15) is 0 Å². The third-order valence-electron chi connectivity index (χ3n) is 3.16. The maximum Gasteiger partial charge on any atom is 0.419 e. The Labute approximate surface area is 110 Å². The molecular formula is C13H9F2NO4. The van der Waals surface area contributed by atoms with Gasteiger partial charge in [0.05, 0.1) is 18.8 Å². The van der Waals surface area contributed by atoms with Crippen LogP contribution in [0.1, 0.15) is 22.7 Å². The first-order valence-corrected chi connectivity index (χ1v) is 5.84. The largest absolute Gasteiger partial charge is 0.419 e. The van der Waals surface area contributed by atoms with Crippen molar-refractivity contribution < 1.29 is 17.9 Å². The number of rotatable bonds is 1. The topological polar surface area (TPSA) is 72.3 Å². The number of nitrogens with one attached hydrogen (secondary N) is 1. The van der Waals surface area contributed by atoms with Gasteiger partial charge in [0.25, 0.3) is 0 Å². The second-order valence-electron chi connectivity index (χ2n) is 4.46. The summed E-state index contributed by atoms with van der Waals surface area (Å²) in [5.41, 5.74) is -0.0805. The molecule has 20 heavy (non-hydrogen) atoms. The van der Waals surface area contributed by atoms with E-state index in [1.165, 1.54) is 0 Å². The summed E-state index contributed by atoms with van der Waals surface area (Å²) in [5.74, 6) is -3.01. The van der Waals surface area contributed by atoms with E-state index in [1.807, 2.05) is 0 Å². The monoisotopic (exact) mass is 281 g/mol. The second-order valence-corrected chi connectivity index (χ2v) is 4.46. The van der Waals surface area contributed by atoms with Crippen LogP contribution in [0.3, 0.4) is 0 Å². The number of aromatic amines is 1. The molecule has 5 nitrogen and oxygen atoms in total. The molecular weight excluding hydrogens is 272 g/mol. The molecule has 0 radical (unpaired) electrons. The fourth-order valence-corrected chi connectivity index (χ4v) is 2.30. The van der Waals surface area contributed by atoms with Crippen LogP contribution in [0.25, 0.3) is 0 Å². The van der Waals surface area contributed by atoms with E-state index in [2.05, 4.69) is 9.40 Å². The molecule has 7 heteroatoms. The molecule has 2 aromatic rings. The summed E-state index contributed by atoms with van der Waals surface area (Å²) in [7, 11) is 0. The van der Waals surface area contributed by atoms with Gasteiger partial charge in [-0.25, -0.2) is 18.4 Å². The molecule has 0 fully saturated rings. The van der Waals surface area contributed by atoms with Gasteiger partial charge in [-0.1, -0.05) is 0 Å². The number of aromatic nitrogens is 1. The van der Waals surface area contributed by atoms with E-state index in [-0.39, 0.29) is 30.0 Å². The average Bonchev–Trinajstić information content (AvgIpc) is 2.36. The quantitative estimate of drug-likeness (QED) is 0.854. The van der Waals surface area contributed by atoms with Gasteiger partial charge in [0, 0.05) is 17.7 Å². The Bertz CT molecular complexity index is 760. The van der Waals surface area contributed by atoms with Crippen LogP contribution in [0.15, 0.2) is 32.2 Å². The minimum atomic E-state index is -0.905. The number of halogens is 2. The van der Waals surface area contributed by atoms with E-state index in [0.717, 1.165) is 18.2 Å². The standard InChI is InChI=1S/C13H9F2NO4/c14-7-1-6(2-8(15)3-7)9-4-19-5-10-11(9)16-13(18)20-12(10)17/h1-3,9H,4-5H2,(H,16,18). The van der Waals surface area contributed by atoms with Gasteiger partial charge in [-0.05, 0) is 17.7 Å². The van der Waals surface area contributed by atoms with Crippen LogP contribution in [0.4, 0.5) is 8.78 Å². The number of benzene rings is 1. The van der Waals surface area contributed by atoms with Crippen molar-refractivity contribution in [3.8, 4) is 0 Å². The lowest BCUT2D eigenvalue weighted by molar-refractivity contribution is 0.0928. The van der Waals surface area contributed by atoms with E-state index in [9.17, 15) is 18.4 Å². The molecule has 1 aliphatic rings. The van der Waals surface area contributed by atoms with Crippen molar-refractivity contribution in [1.82, 2.24) is 4.98 Å². The Morgan fingerprint density at radius 1 is 1.15 bits per heavy atom. The van der Waals surface area contributed by atoms with E-state index < -0.39 is 28.9 Å². The summed E-state index contributed by atoms with van der Waals surface area (Å²) in [4.78, 5) is 25.3. The molecule has 0 saturated heterocycles. The molecule has 1 aromatic heterocycles. The van der Waals surface area contributed by atoms with Gasteiger partial charge < -0.3 is 9.15 Å². The van der Waals surface area contributed by atoms with Crippen molar-refractivity contribution in [3.05, 3.63) is 67.6 Å². The predicted molar refractivity (Wildman–Crippen MR) is 63.5 cm³/mol. The van der Waals surface area contributed by atoms with Crippen LogP contribution in [-0.2, 0) is 11.3 Å². The molecule has 1 N–H and O–H groups in total. The molecule has 0 aliphatic carbocycles. The van der Waals surface area contributed by atoms with E-state index >= 15 is 0 Å². The van der Waals surface area contributed by atoms with Crippen molar-refractivity contribution in [3.63, 3.8) is 0 Å². The minimum absolute atomic E-state index is 0.0112. The average molecular weight is 281 g/mol. The maximum atomic E-state index is 13.3. The zero-order valence-electron chi connectivity index (χ0n) is 10.1. The zero-order chi connectivity index (χ0) is 14.3. The first kappa shape index (κ1) is 12.7. The number of hydrogen-bond acceptors (Lipinski definition) is 4. The van der Waals surface area contributed by atoms with Crippen LogP contribution in [-0.4, -0.2) is 11.6 Å². The van der Waals surface area contributed by atoms with Crippen LogP contribution in [0.5, 0.6) is 0 Å². The van der Waals surface area contributed by atoms with Crippen LogP contribution in [0.2, 0.25) is 0 Å². The van der Waals surface area contributed by atoms with E-state index in [4.69, 9.17) is 4.74 Å². The summed E-state index contributed by atoms with van der Waals surface area (Å²) in [6.07, 6.45) is 0. The van der Waals surface area contributed by atoms with Gasteiger partial charge in [0.1, 0.15) is 11.6 Å². The Kier molecular flexibility index (Phi) is 2.98. The highest BCUT2D eigenvalue weighted by Crippen LogP contribution is 2.29. The molecule has 1 unspecified atom stereocenters. The summed E-state index contributed by atoms with van der Waals surface area (Å²) in [6, 6.07) is 3.02. The maximum absolute atomic E-state index is 13.3. The molecule has 1 aromatic carbocycles. The van der Waals surface area contributed by atoms with Gasteiger partial charge in [-0.3, -0.25) is 4.98 Å². The lowest BCUT2D eigenvalue weighted by atomic mass is 9.92. The zero-order valence-corrected chi connectivity index (χ0v) is 10.1. The second kappa shape index (κ2) is 4.68. The van der Waals surface area contributed by atoms with Crippen molar-refractivity contribution in [2.45, 2.75) is 12.5 Å². The molecule has 3 rings (SSSR count). The van der Waals surface area contributed by atoms with Gasteiger partial charge in [-0.15, -0.1) is 0 Å². The Morgan fingerprint density at radius 3 is 2.55 bits per heavy atom. The number of H-pyrrole nitrogens is 1. The summed E-state index contributed by atoms with van der Waals surface area (Å²) in [5, 5.41) is 0. The molecule has 0 spiro atoms. The first-order valence-electron chi connectivity index (χ1n) is 5.84. The third-order valence-corrected chi connectivity index (χ3v) is 3.16.